The van der Waals surface area contributed by atoms with Crippen molar-refractivity contribution in [3.05, 3.63) is 53.3 Å². The van der Waals surface area contributed by atoms with Crippen LogP contribution in [0.5, 0.6) is 0 Å². The molecule has 1 aromatic carbocycles. The van der Waals surface area contributed by atoms with Crippen molar-refractivity contribution in [3.63, 3.8) is 0 Å². The van der Waals surface area contributed by atoms with Crippen molar-refractivity contribution in [3.8, 4) is 11.1 Å². The monoisotopic (exact) mass is 282 g/mol. The second-order valence-electron chi connectivity index (χ2n) is 5.46. The van der Waals surface area contributed by atoms with Crippen LogP contribution >= 0.6 is 0 Å². The molecule has 1 aromatic heterocycles. The van der Waals surface area contributed by atoms with E-state index in [1.165, 1.54) is 27.8 Å². The lowest BCUT2D eigenvalue weighted by molar-refractivity contribution is 0.674. The van der Waals surface area contributed by atoms with Gasteiger partial charge in [-0.3, -0.25) is 4.98 Å². The Balaban J connectivity index is 2.30. The Morgan fingerprint density at radius 3 is 2.52 bits per heavy atom. The van der Waals surface area contributed by atoms with Gasteiger partial charge >= 0.3 is 0 Å². The smallest absolute Gasteiger partial charge is 0.0346 e. The molecule has 0 spiro atoms. The molecule has 2 nitrogen and oxygen atoms in total. The molecule has 0 aliphatic rings. The van der Waals surface area contributed by atoms with Gasteiger partial charge in [-0.15, -0.1) is 0 Å². The third-order valence-corrected chi connectivity index (χ3v) is 3.83. The summed E-state index contributed by atoms with van der Waals surface area (Å²) in [5.74, 6) is 0. The van der Waals surface area contributed by atoms with Gasteiger partial charge in [0, 0.05) is 24.5 Å². The summed E-state index contributed by atoms with van der Waals surface area (Å²) in [5, 5.41) is 3.44. The molecule has 0 bridgehead atoms. The Hall–Kier alpha value is -1.67. The first-order valence-corrected chi connectivity index (χ1v) is 8.05. The molecule has 0 fully saturated rings. The van der Waals surface area contributed by atoms with Crippen LogP contribution in [0.3, 0.4) is 0 Å². The van der Waals surface area contributed by atoms with Gasteiger partial charge in [-0.1, -0.05) is 39.0 Å². The van der Waals surface area contributed by atoms with E-state index in [1.807, 2.05) is 12.4 Å². The summed E-state index contributed by atoms with van der Waals surface area (Å²) in [6.07, 6.45) is 7.23. The maximum atomic E-state index is 4.43. The van der Waals surface area contributed by atoms with Gasteiger partial charge in [0.1, 0.15) is 0 Å². The van der Waals surface area contributed by atoms with Crippen molar-refractivity contribution in [1.82, 2.24) is 10.3 Å². The Labute approximate surface area is 128 Å². The number of aryl methyl sites for hydroxylation is 2. The predicted octanol–water partition coefficient (Wildman–Crippen LogP) is 4.37. The van der Waals surface area contributed by atoms with E-state index >= 15 is 0 Å². The molecule has 0 atom stereocenters. The molecule has 0 saturated heterocycles. The molecular formula is C19H26N2. The van der Waals surface area contributed by atoms with Gasteiger partial charge in [0.05, 0.1) is 0 Å². The fourth-order valence-electron chi connectivity index (χ4n) is 2.56. The minimum atomic E-state index is 0.892. The third-order valence-electron chi connectivity index (χ3n) is 3.83. The summed E-state index contributed by atoms with van der Waals surface area (Å²) in [4.78, 5) is 4.43. The van der Waals surface area contributed by atoms with Crippen LogP contribution in [0.4, 0.5) is 0 Å². The average molecular weight is 282 g/mol. The van der Waals surface area contributed by atoms with Crippen LogP contribution in [0.2, 0.25) is 0 Å². The first-order chi connectivity index (χ1) is 10.3. The summed E-state index contributed by atoms with van der Waals surface area (Å²) in [6.45, 7) is 8.55. The minimum absolute atomic E-state index is 0.892. The first-order valence-electron chi connectivity index (χ1n) is 8.05. The van der Waals surface area contributed by atoms with Crippen molar-refractivity contribution in [2.45, 2.75) is 46.6 Å². The molecule has 0 amide bonds. The number of hydrogen-bond acceptors (Lipinski definition) is 2. The number of benzene rings is 1. The topological polar surface area (TPSA) is 24.9 Å². The lowest BCUT2D eigenvalue weighted by atomic mass is 9.95. The Morgan fingerprint density at radius 1 is 0.952 bits per heavy atom. The largest absolute Gasteiger partial charge is 0.313 e. The van der Waals surface area contributed by atoms with Crippen LogP contribution < -0.4 is 5.32 Å². The maximum Gasteiger partial charge on any atom is 0.0346 e. The fourth-order valence-corrected chi connectivity index (χ4v) is 2.56. The van der Waals surface area contributed by atoms with Crippen molar-refractivity contribution in [2.75, 3.05) is 6.54 Å². The molecule has 0 saturated carbocycles. The van der Waals surface area contributed by atoms with Crippen LogP contribution in [-0.2, 0) is 19.4 Å². The summed E-state index contributed by atoms with van der Waals surface area (Å²) >= 11 is 0. The van der Waals surface area contributed by atoms with Gasteiger partial charge in [-0.05, 0) is 54.1 Å². The molecule has 2 rings (SSSR count). The first kappa shape index (κ1) is 15.7. The zero-order valence-corrected chi connectivity index (χ0v) is 13.4. The molecule has 21 heavy (non-hydrogen) atoms. The number of hydrogen-bond donors (Lipinski definition) is 1. The fraction of sp³-hybridized carbons (Fsp3) is 0.421. The highest BCUT2D eigenvalue weighted by Crippen LogP contribution is 2.26. The normalized spacial score (nSPS) is 10.8. The number of nitrogens with zero attached hydrogens (tertiary/aromatic N) is 1. The zero-order chi connectivity index (χ0) is 15.1. The average Bonchev–Trinajstić information content (AvgIpc) is 2.55. The molecule has 1 N–H and O–H groups in total. The lowest BCUT2D eigenvalue weighted by Crippen LogP contribution is -2.13. The van der Waals surface area contributed by atoms with Crippen molar-refractivity contribution in [1.29, 1.82) is 0 Å². The number of nitrogens with one attached hydrogen (secondary N) is 1. The van der Waals surface area contributed by atoms with E-state index in [2.05, 4.69) is 55.3 Å². The van der Waals surface area contributed by atoms with Gasteiger partial charge in [0.15, 0.2) is 0 Å². The Kier molecular flexibility index (Phi) is 5.94. The highest BCUT2D eigenvalue weighted by molar-refractivity contribution is 5.68. The lowest BCUT2D eigenvalue weighted by Gasteiger charge is -2.11. The number of rotatable bonds is 7. The molecule has 0 radical (unpaired) electrons. The van der Waals surface area contributed by atoms with Crippen molar-refractivity contribution < 1.29 is 0 Å². The quantitative estimate of drug-likeness (QED) is 0.763. The predicted molar refractivity (Wildman–Crippen MR) is 90.4 cm³/mol. The molecule has 0 aliphatic carbocycles. The zero-order valence-electron chi connectivity index (χ0n) is 13.4. The van der Waals surface area contributed by atoms with Gasteiger partial charge in [0.25, 0.3) is 0 Å². The molecule has 0 aliphatic heterocycles. The summed E-state index contributed by atoms with van der Waals surface area (Å²) in [7, 11) is 0. The molecule has 1 heterocycles. The number of aromatic nitrogens is 1. The van der Waals surface area contributed by atoms with E-state index in [0.717, 1.165) is 32.4 Å². The highest BCUT2D eigenvalue weighted by Gasteiger charge is 2.06. The third kappa shape index (κ3) is 4.15. The summed E-state index contributed by atoms with van der Waals surface area (Å²) in [5.41, 5.74) is 6.61. The molecular weight excluding hydrogens is 256 g/mol. The van der Waals surface area contributed by atoms with Gasteiger partial charge < -0.3 is 5.32 Å². The highest BCUT2D eigenvalue weighted by atomic mass is 14.8. The maximum absolute atomic E-state index is 4.43. The van der Waals surface area contributed by atoms with Crippen LogP contribution in [0.25, 0.3) is 11.1 Å². The van der Waals surface area contributed by atoms with Crippen LogP contribution in [0.1, 0.15) is 43.9 Å². The van der Waals surface area contributed by atoms with Gasteiger partial charge in [-0.2, -0.15) is 0 Å². The van der Waals surface area contributed by atoms with Gasteiger partial charge in [0.2, 0.25) is 0 Å². The Morgan fingerprint density at radius 2 is 1.81 bits per heavy atom. The van der Waals surface area contributed by atoms with E-state index in [4.69, 9.17) is 0 Å². The Bertz CT molecular complexity index is 576. The van der Waals surface area contributed by atoms with Gasteiger partial charge in [-0.25, -0.2) is 0 Å². The van der Waals surface area contributed by atoms with Crippen molar-refractivity contribution >= 4 is 0 Å². The van der Waals surface area contributed by atoms with Crippen LogP contribution in [-0.4, -0.2) is 11.5 Å². The molecule has 0 unspecified atom stereocenters. The molecule has 2 aromatic rings. The summed E-state index contributed by atoms with van der Waals surface area (Å²) in [6, 6.07) is 9.08. The van der Waals surface area contributed by atoms with E-state index < -0.39 is 0 Å². The molecule has 112 valence electrons. The van der Waals surface area contributed by atoms with Crippen LogP contribution in [0, 0.1) is 0 Å². The van der Waals surface area contributed by atoms with E-state index in [-0.39, 0.29) is 0 Å². The van der Waals surface area contributed by atoms with Crippen molar-refractivity contribution in [2.24, 2.45) is 0 Å². The van der Waals surface area contributed by atoms with E-state index in [0.29, 0.717) is 0 Å². The van der Waals surface area contributed by atoms with E-state index in [9.17, 15) is 0 Å². The second-order valence-corrected chi connectivity index (χ2v) is 5.46. The second kappa shape index (κ2) is 7.94. The SMILES string of the molecule is CCCNCc1cncc(-c2cc(CC)ccc2CC)c1. The molecule has 2 heteroatoms. The summed E-state index contributed by atoms with van der Waals surface area (Å²) < 4.78 is 0. The minimum Gasteiger partial charge on any atom is -0.313 e. The van der Waals surface area contributed by atoms with E-state index in [1.54, 1.807) is 0 Å². The number of pyridine rings is 1. The van der Waals surface area contributed by atoms with Crippen LogP contribution in [0.15, 0.2) is 36.7 Å². The standard InChI is InChI=1S/C19H26N2/c1-4-9-20-12-16-10-18(14-21-13-16)19-11-15(5-2)7-8-17(19)6-3/h7-8,10-11,13-14,20H,4-6,9,12H2,1-3H3.